The zero-order chi connectivity index (χ0) is 17.2. The van der Waals surface area contributed by atoms with Crippen molar-refractivity contribution in [2.24, 2.45) is 0 Å². The number of ether oxygens (including phenoxy) is 2. The van der Waals surface area contributed by atoms with Gasteiger partial charge in [-0.05, 0) is 49.1 Å². The summed E-state index contributed by atoms with van der Waals surface area (Å²) in [6.07, 6.45) is 2.13. The summed E-state index contributed by atoms with van der Waals surface area (Å²) >= 11 is 4.00. The lowest BCUT2D eigenvalue weighted by atomic mass is 10.2. The molecule has 5 heteroatoms. The molecule has 0 spiro atoms. The quantitative estimate of drug-likeness (QED) is 0.500. The SMILES string of the molecule is O=C(O)C(S)CCCCOc1ccc(OCc2ccccc2)cc1. The van der Waals surface area contributed by atoms with Crippen LogP contribution in [0.2, 0.25) is 0 Å². The van der Waals surface area contributed by atoms with Crippen molar-refractivity contribution in [2.45, 2.75) is 31.1 Å². The molecule has 0 amide bonds. The van der Waals surface area contributed by atoms with Crippen LogP contribution in [0.5, 0.6) is 11.5 Å². The molecule has 0 bridgehead atoms. The van der Waals surface area contributed by atoms with Gasteiger partial charge in [-0.3, -0.25) is 4.79 Å². The van der Waals surface area contributed by atoms with Gasteiger partial charge in [0.2, 0.25) is 0 Å². The maximum absolute atomic E-state index is 10.6. The maximum atomic E-state index is 10.6. The number of aliphatic carboxylic acids is 1. The first kappa shape index (κ1) is 18.2. The molecule has 0 aliphatic heterocycles. The Balaban J connectivity index is 1.66. The van der Waals surface area contributed by atoms with Crippen LogP contribution in [0.1, 0.15) is 24.8 Å². The number of hydrogen-bond donors (Lipinski definition) is 2. The van der Waals surface area contributed by atoms with Crippen molar-refractivity contribution in [1.29, 1.82) is 0 Å². The Kier molecular flexibility index (Phi) is 7.49. The summed E-state index contributed by atoms with van der Waals surface area (Å²) in [4.78, 5) is 10.6. The molecular weight excluding hydrogens is 324 g/mol. The van der Waals surface area contributed by atoms with E-state index >= 15 is 0 Å². The van der Waals surface area contributed by atoms with Crippen molar-refractivity contribution >= 4 is 18.6 Å². The van der Waals surface area contributed by atoms with Gasteiger partial charge in [-0.25, -0.2) is 0 Å². The van der Waals surface area contributed by atoms with E-state index in [1.807, 2.05) is 54.6 Å². The van der Waals surface area contributed by atoms with Gasteiger partial charge in [0.1, 0.15) is 18.1 Å². The molecular formula is C19H22O4S. The second-order valence-corrected chi connectivity index (χ2v) is 6.07. The average Bonchev–Trinajstić information content (AvgIpc) is 2.61. The Labute approximate surface area is 147 Å². The van der Waals surface area contributed by atoms with E-state index in [9.17, 15) is 4.79 Å². The summed E-state index contributed by atoms with van der Waals surface area (Å²) in [7, 11) is 0. The molecule has 0 saturated heterocycles. The van der Waals surface area contributed by atoms with Gasteiger partial charge in [-0.15, -0.1) is 0 Å². The van der Waals surface area contributed by atoms with Crippen molar-refractivity contribution in [3.8, 4) is 11.5 Å². The molecule has 1 N–H and O–H groups in total. The highest BCUT2D eigenvalue weighted by Crippen LogP contribution is 2.19. The van der Waals surface area contributed by atoms with Crippen LogP contribution in [0.3, 0.4) is 0 Å². The van der Waals surface area contributed by atoms with Crippen LogP contribution < -0.4 is 9.47 Å². The predicted molar refractivity (Wildman–Crippen MR) is 97.0 cm³/mol. The number of thiol groups is 1. The fourth-order valence-corrected chi connectivity index (χ4v) is 2.31. The fourth-order valence-electron chi connectivity index (χ4n) is 2.13. The van der Waals surface area contributed by atoms with Crippen LogP contribution in [0.4, 0.5) is 0 Å². The van der Waals surface area contributed by atoms with Gasteiger partial charge in [0.15, 0.2) is 0 Å². The van der Waals surface area contributed by atoms with Gasteiger partial charge < -0.3 is 14.6 Å². The van der Waals surface area contributed by atoms with Crippen LogP contribution in [-0.2, 0) is 11.4 Å². The van der Waals surface area contributed by atoms with Crippen molar-refractivity contribution in [1.82, 2.24) is 0 Å². The summed E-state index contributed by atoms with van der Waals surface area (Å²) in [5.74, 6) is 0.707. The van der Waals surface area contributed by atoms with Gasteiger partial charge in [0, 0.05) is 0 Å². The van der Waals surface area contributed by atoms with E-state index < -0.39 is 11.2 Å². The summed E-state index contributed by atoms with van der Waals surface area (Å²) in [6, 6.07) is 17.5. The summed E-state index contributed by atoms with van der Waals surface area (Å²) in [5.41, 5.74) is 1.13. The molecule has 0 aliphatic rings. The Bertz CT molecular complexity index is 613. The summed E-state index contributed by atoms with van der Waals surface area (Å²) < 4.78 is 11.4. The van der Waals surface area contributed by atoms with Crippen molar-refractivity contribution in [3.05, 3.63) is 60.2 Å². The highest BCUT2D eigenvalue weighted by atomic mass is 32.1. The van der Waals surface area contributed by atoms with E-state index in [0.717, 1.165) is 29.9 Å². The molecule has 1 atom stereocenters. The molecule has 0 heterocycles. The first-order valence-corrected chi connectivity index (χ1v) is 8.47. The molecule has 24 heavy (non-hydrogen) atoms. The molecule has 4 nitrogen and oxygen atoms in total. The molecule has 0 aromatic heterocycles. The minimum Gasteiger partial charge on any atom is -0.494 e. The molecule has 2 aromatic rings. The predicted octanol–water partition coefficient (Wildman–Crippen LogP) is 4.20. The van der Waals surface area contributed by atoms with E-state index in [-0.39, 0.29) is 0 Å². The van der Waals surface area contributed by atoms with Crippen molar-refractivity contribution in [3.63, 3.8) is 0 Å². The summed E-state index contributed by atoms with van der Waals surface area (Å²) in [5, 5.41) is 8.15. The Morgan fingerprint density at radius 1 is 0.958 bits per heavy atom. The maximum Gasteiger partial charge on any atom is 0.316 e. The average molecular weight is 346 g/mol. The van der Waals surface area contributed by atoms with Gasteiger partial charge in [0.25, 0.3) is 0 Å². The zero-order valence-electron chi connectivity index (χ0n) is 13.4. The van der Waals surface area contributed by atoms with Gasteiger partial charge in [0.05, 0.1) is 11.9 Å². The van der Waals surface area contributed by atoms with E-state index in [1.54, 1.807) is 0 Å². The normalized spacial score (nSPS) is 11.7. The van der Waals surface area contributed by atoms with Gasteiger partial charge >= 0.3 is 5.97 Å². The molecule has 1 unspecified atom stereocenters. The van der Waals surface area contributed by atoms with Crippen molar-refractivity contribution < 1.29 is 19.4 Å². The third-order valence-corrected chi connectivity index (χ3v) is 3.98. The topological polar surface area (TPSA) is 55.8 Å². The molecule has 0 aliphatic carbocycles. The molecule has 0 saturated carbocycles. The first-order valence-electron chi connectivity index (χ1n) is 7.95. The van der Waals surface area contributed by atoms with Crippen LogP contribution in [0, 0.1) is 0 Å². The van der Waals surface area contributed by atoms with Gasteiger partial charge in [-0.2, -0.15) is 12.6 Å². The van der Waals surface area contributed by atoms with Crippen molar-refractivity contribution in [2.75, 3.05) is 6.61 Å². The lowest BCUT2D eigenvalue weighted by Gasteiger charge is -2.09. The number of benzene rings is 2. The fraction of sp³-hybridized carbons (Fsp3) is 0.316. The van der Waals surface area contributed by atoms with Crippen LogP contribution in [0.25, 0.3) is 0 Å². The molecule has 0 fully saturated rings. The Hall–Kier alpha value is -2.14. The number of carboxylic acid groups (broad SMARTS) is 1. The molecule has 2 rings (SSSR count). The molecule has 0 radical (unpaired) electrons. The zero-order valence-corrected chi connectivity index (χ0v) is 14.3. The van der Waals surface area contributed by atoms with Crippen LogP contribution in [0.15, 0.2) is 54.6 Å². The summed E-state index contributed by atoms with van der Waals surface area (Å²) in [6.45, 7) is 1.10. The van der Waals surface area contributed by atoms with E-state index in [4.69, 9.17) is 14.6 Å². The number of hydrogen-bond acceptors (Lipinski definition) is 4. The van der Waals surface area contributed by atoms with E-state index in [1.165, 1.54) is 0 Å². The second kappa shape index (κ2) is 9.88. The number of carboxylic acids is 1. The highest BCUT2D eigenvalue weighted by molar-refractivity contribution is 7.81. The third kappa shape index (κ3) is 6.54. The lowest BCUT2D eigenvalue weighted by molar-refractivity contribution is -0.136. The first-order chi connectivity index (χ1) is 11.6. The van der Waals surface area contributed by atoms with E-state index in [2.05, 4.69) is 12.6 Å². The minimum atomic E-state index is -0.870. The Morgan fingerprint density at radius 3 is 2.21 bits per heavy atom. The monoisotopic (exact) mass is 346 g/mol. The van der Waals surface area contributed by atoms with Crippen LogP contribution >= 0.6 is 12.6 Å². The second-order valence-electron chi connectivity index (χ2n) is 5.44. The van der Waals surface area contributed by atoms with E-state index in [0.29, 0.717) is 19.6 Å². The molecule has 2 aromatic carbocycles. The highest BCUT2D eigenvalue weighted by Gasteiger charge is 2.10. The number of rotatable bonds is 10. The largest absolute Gasteiger partial charge is 0.494 e. The number of carbonyl (C=O) groups is 1. The minimum absolute atomic E-state index is 0.537. The van der Waals surface area contributed by atoms with Gasteiger partial charge in [-0.1, -0.05) is 30.3 Å². The third-order valence-electron chi connectivity index (χ3n) is 3.50. The standard InChI is InChI=1S/C19H22O4S/c20-19(21)18(24)8-4-5-13-22-16-9-11-17(12-10-16)23-14-15-6-2-1-3-7-15/h1-3,6-7,9-12,18,24H,4-5,8,13-14H2,(H,20,21). The molecule has 128 valence electrons. The lowest BCUT2D eigenvalue weighted by Crippen LogP contribution is -2.13. The van der Waals surface area contributed by atoms with Crippen LogP contribution in [-0.4, -0.2) is 22.9 Å². The smallest absolute Gasteiger partial charge is 0.316 e. The Morgan fingerprint density at radius 2 is 1.58 bits per heavy atom. The number of unbranched alkanes of at least 4 members (excludes halogenated alkanes) is 1.